The lowest BCUT2D eigenvalue weighted by molar-refractivity contribution is 0.0203. The molecule has 2 aromatic carbocycles. The van der Waals surface area contributed by atoms with Crippen LogP contribution in [-0.4, -0.2) is 54.8 Å². The first-order valence-electron chi connectivity index (χ1n) is 15.4. The fourth-order valence-corrected chi connectivity index (χ4v) is 6.35. The Kier molecular flexibility index (Phi) is 8.63. The van der Waals surface area contributed by atoms with Gasteiger partial charge in [-0.2, -0.15) is 5.10 Å². The number of hydrogen-bond acceptors (Lipinski definition) is 7. The van der Waals surface area contributed by atoms with Gasteiger partial charge in [-0.05, 0) is 98.4 Å². The van der Waals surface area contributed by atoms with E-state index >= 15 is 0 Å². The van der Waals surface area contributed by atoms with Crippen LogP contribution in [0.2, 0.25) is 0 Å². The fraction of sp³-hybridized carbons (Fsp3) is 0.286. The maximum atomic E-state index is 13.4. The molecule has 3 N–H and O–H groups in total. The molecule has 1 aliphatic rings. The summed E-state index contributed by atoms with van der Waals surface area (Å²) < 4.78 is 9.57. The van der Waals surface area contributed by atoms with E-state index in [2.05, 4.69) is 37.4 Å². The minimum Gasteiger partial charge on any atom is -0.444 e. The number of ether oxygens (including phenoxy) is 1. The van der Waals surface area contributed by atoms with E-state index in [1.807, 2.05) is 74.7 Å². The first kappa shape index (κ1) is 32.0. The molecule has 2 amide bonds. The molecule has 0 saturated carbocycles. The Bertz CT molecular complexity index is 2020. The zero-order valence-corrected chi connectivity index (χ0v) is 28.2. The van der Waals surface area contributed by atoms with Crippen LogP contribution in [0.3, 0.4) is 0 Å². The summed E-state index contributed by atoms with van der Waals surface area (Å²) in [7, 11) is 0. The second-order valence-electron chi connectivity index (χ2n) is 12.6. The highest BCUT2D eigenvalue weighted by Gasteiger charge is 2.30. The van der Waals surface area contributed by atoms with Crippen molar-refractivity contribution in [3.63, 3.8) is 0 Å². The minimum atomic E-state index is -0.546. The molecule has 11 nitrogen and oxygen atoms in total. The first-order valence-corrected chi connectivity index (χ1v) is 16.2. The van der Waals surface area contributed by atoms with Crippen LogP contribution in [0.25, 0.3) is 22.3 Å². The summed E-state index contributed by atoms with van der Waals surface area (Å²) in [6.07, 6.45) is 2.65. The highest BCUT2D eigenvalue weighted by atomic mass is 79.9. The van der Waals surface area contributed by atoms with E-state index in [1.54, 1.807) is 23.1 Å². The number of aromatic nitrogens is 4. The Balaban J connectivity index is 1.24. The topological polar surface area (TPSA) is 137 Å². The highest BCUT2D eigenvalue weighted by molar-refractivity contribution is 9.10. The monoisotopic (exact) mass is 697 g/mol. The summed E-state index contributed by atoms with van der Waals surface area (Å²) in [6, 6.07) is 20.2. The molecule has 3 aromatic heterocycles. The van der Waals surface area contributed by atoms with Gasteiger partial charge in [0.05, 0.1) is 0 Å². The molecule has 0 spiro atoms. The second-order valence-corrected chi connectivity index (χ2v) is 13.5. The number of rotatable bonds is 5. The third-order valence-electron chi connectivity index (χ3n) is 8.27. The van der Waals surface area contributed by atoms with Crippen LogP contribution < -0.4 is 16.6 Å². The van der Waals surface area contributed by atoms with E-state index < -0.39 is 17.1 Å². The summed E-state index contributed by atoms with van der Waals surface area (Å²) in [4.78, 5) is 45.4. The summed E-state index contributed by atoms with van der Waals surface area (Å²) in [5, 5.41) is 7.40. The fourth-order valence-electron chi connectivity index (χ4n) is 5.94. The number of nitrogens with two attached hydrogens (primary N) is 1. The number of halogens is 1. The van der Waals surface area contributed by atoms with E-state index in [4.69, 9.17) is 10.5 Å². The van der Waals surface area contributed by atoms with Crippen molar-refractivity contribution >= 4 is 45.0 Å². The van der Waals surface area contributed by atoms with Crippen molar-refractivity contribution in [3.05, 3.63) is 105 Å². The molecule has 0 radical (unpaired) electrons. The van der Waals surface area contributed by atoms with Gasteiger partial charge in [-0.15, -0.1) is 0 Å². The molecule has 1 fully saturated rings. The molecule has 1 saturated heterocycles. The van der Waals surface area contributed by atoms with Crippen molar-refractivity contribution in [2.45, 2.75) is 52.1 Å². The Labute approximate surface area is 280 Å². The molecule has 0 aliphatic carbocycles. The van der Waals surface area contributed by atoms with Gasteiger partial charge in [-0.25, -0.2) is 14.3 Å². The van der Waals surface area contributed by atoms with E-state index in [0.717, 1.165) is 29.7 Å². The molecular weight excluding hydrogens is 662 g/mol. The Morgan fingerprint density at radius 1 is 1.02 bits per heavy atom. The van der Waals surface area contributed by atoms with Crippen molar-refractivity contribution in [3.8, 4) is 16.8 Å². The molecule has 0 unspecified atom stereocenters. The van der Waals surface area contributed by atoms with Crippen LogP contribution in [0.15, 0.2) is 82.3 Å². The third kappa shape index (κ3) is 6.50. The number of fused-ring (bicyclic) bond motifs is 1. The van der Waals surface area contributed by atoms with E-state index in [0.29, 0.717) is 46.0 Å². The quantitative estimate of drug-likeness (QED) is 0.212. The number of nitrogens with zero attached hydrogens (tertiary/aromatic N) is 5. The largest absolute Gasteiger partial charge is 0.444 e. The van der Waals surface area contributed by atoms with Crippen molar-refractivity contribution < 1.29 is 14.3 Å². The van der Waals surface area contributed by atoms with Gasteiger partial charge in [-0.1, -0.05) is 30.3 Å². The van der Waals surface area contributed by atoms with Crippen molar-refractivity contribution in [1.82, 2.24) is 24.1 Å². The molecule has 1 aliphatic heterocycles. The lowest BCUT2D eigenvalue weighted by atomic mass is 9.93. The SMILES string of the molecule is Cc1c(Br)cc(C(=O)Nc2ccc(-c3cc(C4CCN(C(=O)OC(C)(C)C)CC4)n4ncnc(N)c34)cc2)c(=O)n1-c1ccccc1. The maximum absolute atomic E-state index is 13.4. The number of likely N-dealkylation sites (tertiary alicyclic amines) is 1. The molecule has 4 heterocycles. The Morgan fingerprint density at radius 2 is 1.70 bits per heavy atom. The molecule has 6 rings (SSSR count). The van der Waals surface area contributed by atoms with E-state index in [1.165, 1.54) is 10.9 Å². The van der Waals surface area contributed by atoms with Crippen LogP contribution in [0.5, 0.6) is 0 Å². The number of nitrogen functional groups attached to an aromatic ring is 1. The summed E-state index contributed by atoms with van der Waals surface area (Å²) in [6.45, 7) is 8.56. The average Bonchev–Trinajstić information content (AvgIpc) is 3.44. The lowest BCUT2D eigenvalue weighted by Crippen LogP contribution is -2.41. The zero-order chi connectivity index (χ0) is 33.5. The van der Waals surface area contributed by atoms with Crippen molar-refractivity contribution in [1.29, 1.82) is 0 Å². The number of nitrogens with one attached hydrogen (secondary N) is 1. The molecule has 12 heteroatoms. The smallest absolute Gasteiger partial charge is 0.410 e. The normalized spacial score (nSPS) is 13.9. The van der Waals surface area contributed by atoms with Crippen LogP contribution in [-0.2, 0) is 4.74 Å². The lowest BCUT2D eigenvalue weighted by Gasteiger charge is -2.33. The summed E-state index contributed by atoms with van der Waals surface area (Å²) >= 11 is 3.51. The average molecular weight is 699 g/mol. The predicted octanol–water partition coefficient (Wildman–Crippen LogP) is 6.57. The van der Waals surface area contributed by atoms with Crippen LogP contribution in [0, 0.1) is 6.92 Å². The number of amides is 2. The zero-order valence-electron chi connectivity index (χ0n) is 26.7. The Morgan fingerprint density at radius 3 is 2.36 bits per heavy atom. The maximum Gasteiger partial charge on any atom is 0.410 e. The number of hydrogen-bond donors (Lipinski definition) is 2. The van der Waals surface area contributed by atoms with Gasteiger partial charge >= 0.3 is 6.09 Å². The number of benzene rings is 2. The summed E-state index contributed by atoms with van der Waals surface area (Å²) in [5.41, 5.74) is 10.7. The summed E-state index contributed by atoms with van der Waals surface area (Å²) in [5.74, 6) is -0.0128. The molecule has 242 valence electrons. The number of carbonyl (C=O) groups is 2. The van der Waals surface area contributed by atoms with Gasteiger partial charge in [0.15, 0.2) is 5.82 Å². The van der Waals surface area contributed by atoms with Crippen molar-refractivity contribution in [2.75, 3.05) is 24.1 Å². The predicted molar refractivity (Wildman–Crippen MR) is 185 cm³/mol. The van der Waals surface area contributed by atoms with Crippen LogP contribution in [0.4, 0.5) is 16.3 Å². The molecule has 5 aromatic rings. The first-order chi connectivity index (χ1) is 22.4. The standard InChI is InChI=1S/C35H36BrN7O4/c1-21-28(36)18-27(33(45)42(21)25-8-6-5-7-9-25)32(44)40-24-12-10-22(11-13-24)26-19-29(43-30(26)31(37)38-20-39-43)23-14-16-41(17-15-23)34(46)47-35(2,3)4/h5-13,18-20,23H,14-17H2,1-4H3,(H,40,44)(H2,37,38,39). The molecule has 47 heavy (non-hydrogen) atoms. The van der Waals surface area contributed by atoms with Gasteiger partial charge in [0.2, 0.25) is 0 Å². The highest BCUT2D eigenvalue weighted by Crippen LogP contribution is 2.37. The van der Waals surface area contributed by atoms with E-state index in [-0.39, 0.29) is 17.6 Å². The minimum absolute atomic E-state index is 0.0149. The molecular formula is C35H36BrN7O4. The number of pyridine rings is 1. The number of para-hydroxylation sites is 1. The Hall–Kier alpha value is -4.97. The van der Waals surface area contributed by atoms with Gasteiger partial charge in [0, 0.05) is 51.8 Å². The molecule has 0 bridgehead atoms. The number of piperidine rings is 1. The molecule has 0 atom stereocenters. The van der Waals surface area contributed by atoms with Crippen LogP contribution in [0.1, 0.15) is 61.3 Å². The van der Waals surface area contributed by atoms with Gasteiger partial charge in [0.25, 0.3) is 11.5 Å². The second kappa shape index (κ2) is 12.7. The van der Waals surface area contributed by atoms with Gasteiger partial charge < -0.3 is 20.7 Å². The van der Waals surface area contributed by atoms with Gasteiger partial charge in [0.1, 0.15) is 23.0 Å². The number of carbonyl (C=O) groups excluding carboxylic acids is 2. The van der Waals surface area contributed by atoms with Crippen molar-refractivity contribution in [2.24, 2.45) is 0 Å². The van der Waals surface area contributed by atoms with E-state index in [9.17, 15) is 14.4 Å². The third-order valence-corrected chi connectivity index (χ3v) is 9.08. The van der Waals surface area contributed by atoms with Crippen LogP contribution >= 0.6 is 15.9 Å². The van der Waals surface area contributed by atoms with Gasteiger partial charge in [-0.3, -0.25) is 14.2 Å². The number of anilines is 2.